The molecule has 4 rings (SSSR count). The molecule has 2 aromatic rings. The maximum atomic E-state index is 12.8. The van der Waals surface area contributed by atoms with Crippen LogP contribution >= 0.6 is 11.8 Å². The number of anilines is 1. The summed E-state index contributed by atoms with van der Waals surface area (Å²) in [7, 11) is 0. The van der Waals surface area contributed by atoms with E-state index in [-0.39, 0.29) is 24.3 Å². The Morgan fingerprint density at radius 1 is 1.36 bits per heavy atom. The van der Waals surface area contributed by atoms with Crippen LogP contribution in [0.3, 0.4) is 0 Å². The number of para-hydroxylation sites is 1. The minimum Gasteiger partial charge on any atom is -0.373 e. The van der Waals surface area contributed by atoms with Gasteiger partial charge in [-0.05, 0) is 26.0 Å². The molecule has 1 N–H and O–H groups in total. The van der Waals surface area contributed by atoms with E-state index in [9.17, 15) is 9.59 Å². The lowest BCUT2D eigenvalue weighted by Crippen LogP contribution is -2.48. The summed E-state index contributed by atoms with van der Waals surface area (Å²) >= 11 is 1.45. The first-order chi connectivity index (χ1) is 13.5. The molecule has 2 atom stereocenters. The fourth-order valence-electron chi connectivity index (χ4n) is 3.50. The van der Waals surface area contributed by atoms with E-state index >= 15 is 0 Å². The number of carbonyl (C=O) groups excluding carboxylic acids is 2. The highest BCUT2D eigenvalue weighted by Crippen LogP contribution is 2.36. The molecule has 2 aliphatic rings. The van der Waals surface area contributed by atoms with Crippen molar-refractivity contribution >= 4 is 29.3 Å². The van der Waals surface area contributed by atoms with Crippen molar-refractivity contribution in [1.82, 2.24) is 19.7 Å². The average molecular weight is 401 g/mol. The highest BCUT2D eigenvalue weighted by molar-refractivity contribution is 8.01. The second kappa shape index (κ2) is 7.92. The van der Waals surface area contributed by atoms with Crippen LogP contribution in [-0.2, 0) is 20.9 Å². The fraction of sp³-hybridized carbons (Fsp3) is 0.474. The number of hydrogen-bond acceptors (Lipinski definition) is 6. The molecule has 0 spiro atoms. The van der Waals surface area contributed by atoms with Gasteiger partial charge < -0.3 is 15.0 Å². The zero-order valence-electron chi connectivity index (χ0n) is 15.9. The van der Waals surface area contributed by atoms with Crippen LogP contribution < -0.4 is 5.32 Å². The number of aryl methyl sites for hydroxylation is 2. The smallest absolute Gasteiger partial charge is 0.238 e. The molecule has 0 saturated carbocycles. The Balaban J connectivity index is 1.37. The quantitative estimate of drug-likeness (QED) is 0.838. The van der Waals surface area contributed by atoms with Gasteiger partial charge in [0.15, 0.2) is 0 Å². The van der Waals surface area contributed by atoms with Crippen LogP contribution in [0.15, 0.2) is 29.2 Å². The van der Waals surface area contributed by atoms with Crippen LogP contribution in [0.1, 0.15) is 18.1 Å². The molecule has 1 fully saturated rings. The van der Waals surface area contributed by atoms with Gasteiger partial charge in [0.25, 0.3) is 0 Å². The van der Waals surface area contributed by atoms with E-state index < -0.39 is 5.25 Å². The predicted octanol–water partition coefficient (Wildman–Crippen LogP) is 1.63. The first-order valence-electron chi connectivity index (χ1n) is 9.33. The molecule has 2 amide bonds. The van der Waals surface area contributed by atoms with Crippen LogP contribution in [0.5, 0.6) is 0 Å². The van der Waals surface area contributed by atoms with Gasteiger partial charge in [-0.1, -0.05) is 12.1 Å². The Kier molecular flexibility index (Phi) is 5.36. The first kappa shape index (κ1) is 18.9. The lowest BCUT2D eigenvalue weighted by atomic mass is 10.2. The molecule has 0 radical (unpaired) electrons. The Labute approximate surface area is 167 Å². The standard InChI is InChI=1S/C19H23N5O3S/c1-12-20-13(2)24(22-12)11-14-10-23(7-8-27-14)18(25)9-17-19(26)21-15-5-3-4-6-16(15)28-17/h3-6,14,17H,7-11H2,1-2H3,(H,21,26)/t14-,17+/m0/s1. The van der Waals surface area contributed by atoms with E-state index in [4.69, 9.17) is 4.74 Å². The molecule has 28 heavy (non-hydrogen) atoms. The van der Waals surface area contributed by atoms with E-state index in [1.807, 2.05) is 42.8 Å². The summed E-state index contributed by atoms with van der Waals surface area (Å²) in [6.07, 6.45) is 0.0463. The number of nitrogens with one attached hydrogen (secondary N) is 1. The summed E-state index contributed by atoms with van der Waals surface area (Å²) in [4.78, 5) is 32.3. The number of aromatic nitrogens is 3. The number of hydrogen-bond donors (Lipinski definition) is 1. The van der Waals surface area contributed by atoms with E-state index in [0.29, 0.717) is 26.2 Å². The highest BCUT2D eigenvalue weighted by atomic mass is 32.2. The lowest BCUT2D eigenvalue weighted by molar-refractivity contribution is -0.140. The molecule has 8 nitrogen and oxygen atoms in total. The van der Waals surface area contributed by atoms with Gasteiger partial charge in [-0.3, -0.25) is 9.59 Å². The zero-order chi connectivity index (χ0) is 19.7. The van der Waals surface area contributed by atoms with Crippen LogP contribution in [0.25, 0.3) is 0 Å². The molecule has 0 bridgehead atoms. The molecule has 148 valence electrons. The molecule has 3 heterocycles. The van der Waals surface area contributed by atoms with Crippen molar-refractivity contribution in [3.05, 3.63) is 35.9 Å². The summed E-state index contributed by atoms with van der Waals surface area (Å²) in [5.41, 5.74) is 0.811. The minimum absolute atomic E-state index is 0.0215. The Bertz CT molecular complexity index is 899. The molecule has 9 heteroatoms. The van der Waals surface area contributed by atoms with Gasteiger partial charge in [-0.25, -0.2) is 9.67 Å². The topological polar surface area (TPSA) is 89.4 Å². The number of thioether (sulfide) groups is 1. The van der Waals surface area contributed by atoms with Crippen molar-refractivity contribution in [3.8, 4) is 0 Å². The summed E-state index contributed by atoms with van der Waals surface area (Å²) in [5, 5.41) is 6.85. The van der Waals surface area contributed by atoms with Gasteiger partial charge in [0.1, 0.15) is 11.6 Å². The van der Waals surface area contributed by atoms with E-state index in [1.165, 1.54) is 11.8 Å². The highest BCUT2D eigenvalue weighted by Gasteiger charge is 2.32. The Morgan fingerprint density at radius 3 is 2.96 bits per heavy atom. The maximum absolute atomic E-state index is 12.8. The Morgan fingerprint density at radius 2 is 2.18 bits per heavy atom. The summed E-state index contributed by atoms with van der Waals surface area (Å²) in [6, 6.07) is 7.66. The second-order valence-electron chi connectivity index (χ2n) is 7.02. The van der Waals surface area contributed by atoms with Gasteiger partial charge in [0, 0.05) is 24.4 Å². The lowest BCUT2D eigenvalue weighted by Gasteiger charge is -2.34. The number of morpholine rings is 1. The normalized spacial score (nSPS) is 21.9. The number of fused-ring (bicyclic) bond motifs is 1. The second-order valence-corrected chi connectivity index (χ2v) is 8.26. The van der Waals surface area contributed by atoms with Crippen molar-refractivity contribution in [3.63, 3.8) is 0 Å². The first-order valence-corrected chi connectivity index (χ1v) is 10.2. The van der Waals surface area contributed by atoms with Crippen LogP contribution in [-0.4, -0.2) is 62.5 Å². The third-order valence-electron chi connectivity index (χ3n) is 4.90. The van der Waals surface area contributed by atoms with Gasteiger partial charge >= 0.3 is 0 Å². The molecule has 0 aliphatic carbocycles. The van der Waals surface area contributed by atoms with Crippen molar-refractivity contribution in [1.29, 1.82) is 0 Å². The van der Waals surface area contributed by atoms with Crippen LogP contribution in [0.2, 0.25) is 0 Å². The number of nitrogens with zero attached hydrogens (tertiary/aromatic N) is 4. The Hall–Kier alpha value is -2.39. The number of ether oxygens (including phenoxy) is 1. The van der Waals surface area contributed by atoms with Gasteiger partial charge in [-0.15, -0.1) is 11.8 Å². The number of amides is 2. The molecular weight excluding hydrogens is 378 g/mol. The van der Waals surface area contributed by atoms with Crippen molar-refractivity contribution in [2.45, 2.75) is 43.1 Å². The largest absolute Gasteiger partial charge is 0.373 e. The maximum Gasteiger partial charge on any atom is 0.238 e. The van der Waals surface area contributed by atoms with Crippen molar-refractivity contribution < 1.29 is 14.3 Å². The number of carbonyl (C=O) groups is 2. The summed E-state index contributed by atoms with van der Waals surface area (Å²) in [5.74, 6) is 1.42. The molecule has 1 saturated heterocycles. The molecular formula is C19H23N5O3S. The molecule has 1 aromatic carbocycles. The minimum atomic E-state index is -0.413. The number of rotatable bonds is 4. The van der Waals surface area contributed by atoms with Gasteiger partial charge in [-0.2, -0.15) is 5.10 Å². The van der Waals surface area contributed by atoms with Crippen LogP contribution in [0, 0.1) is 13.8 Å². The molecule has 1 aromatic heterocycles. The fourth-order valence-corrected chi connectivity index (χ4v) is 4.60. The van der Waals surface area contributed by atoms with Gasteiger partial charge in [0.2, 0.25) is 11.8 Å². The molecule has 2 aliphatic heterocycles. The van der Waals surface area contributed by atoms with E-state index in [1.54, 1.807) is 4.90 Å². The van der Waals surface area contributed by atoms with Crippen LogP contribution in [0.4, 0.5) is 5.69 Å². The van der Waals surface area contributed by atoms with Crippen molar-refractivity contribution in [2.75, 3.05) is 25.0 Å². The van der Waals surface area contributed by atoms with Gasteiger partial charge in [0.05, 0.1) is 30.2 Å². The zero-order valence-corrected chi connectivity index (χ0v) is 16.7. The SMILES string of the molecule is Cc1nc(C)n(C[C@@H]2CN(C(=O)C[C@H]3Sc4ccccc4NC3=O)CCO2)n1. The van der Waals surface area contributed by atoms with E-state index in [2.05, 4.69) is 15.4 Å². The molecule has 0 unspecified atom stereocenters. The van der Waals surface area contributed by atoms with Crippen molar-refractivity contribution in [2.24, 2.45) is 0 Å². The third kappa shape index (κ3) is 4.05. The predicted molar refractivity (Wildman–Crippen MR) is 105 cm³/mol. The third-order valence-corrected chi connectivity index (χ3v) is 6.17. The summed E-state index contributed by atoms with van der Waals surface area (Å²) < 4.78 is 7.63. The summed E-state index contributed by atoms with van der Waals surface area (Å²) in [6.45, 7) is 5.83. The van der Waals surface area contributed by atoms with E-state index in [0.717, 1.165) is 22.2 Å². The monoisotopic (exact) mass is 401 g/mol. The average Bonchev–Trinajstić information content (AvgIpc) is 2.99. The number of benzene rings is 1.